The van der Waals surface area contributed by atoms with E-state index in [9.17, 15) is 14.4 Å². The van der Waals surface area contributed by atoms with E-state index in [1.165, 1.54) is 13.8 Å². The van der Waals surface area contributed by atoms with Crippen LogP contribution in [-0.4, -0.2) is 17.7 Å². The Balaban J connectivity index is 2.06. The fourth-order valence-corrected chi connectivity index (χ4v) is 2.26. The van der Waals surface area contributed by atoms with E-state index in [1.807, 2.05) is 0 Å². The van der Waals surface area contributed by atoms with Crippen LogP contribution in [0.25, 0.3) is 0 Å². The zero-order valence-electron chi connectivity index (χ0n) is 13.9. The molecule has 0 bridgehead atoms. The molecule has 0 saturated carbocycles. The number of benzene rings is 2. The molecule has 0 fully saturated rings. The molecular formula is C18H18ClN3O3. The number of carbonyl (C=O) groups is 3. The molecule has 0 aliphatic carbocycles. The molecule has 130 valence electrons. The first-order valence-corrected chi connectivity index (χ1v) is 7.95. The minimum atomic E-state index is -0.290. The van der Waals surface area contributed by atoms with Crippen molar-refractivity contribution in [1.82, 2.24) is 5.32 Å². The monoisotopic (exact) mass is 359 g/mol. The van der Waals surface area contributed by atoms with Crippen LogP contribution >= 0.6 is 11.6 Å². The third-order valence-electron chi connectivity index (χ3n) is 3.29. The van der Waals surface area contributed by atoms with Crippen molar-refractivity contribution in [2.45, 2.75) is 20.4 Å². The van der Waals surface area contributed by atoms with Crippen molar-refractivity contribution in [3.63, 3.8) is 0 Å². The number of rotatable bonds is 5. The number of anilines is 2. The number of hydrogen-bond donors (Lipinski definition) is 3. The van der Waals surface area contributed by atoms with Crippen molar-refractivity contribution in [1.29, 1.82) is 0 Å². The van der Waals surface area contributed by atoms with E-state index in [0.29, 0.717) is 28.5 Å². The molecule has 0 aliphatic rings. The third-order valence-corrected chi connectivity index (χ3v) is 3.62. The Hall–Kier alpha value is -2.86. The molecule has 0 heterocycles. The predicted octanol–water partition coefficient (Wildman–Crippen LogP) is 3.19. The maximum absolute atomic E-state index is 12.3. The molecule has 0 radical (unpaired) electrons. The summed E-state index contributed by atoms with van der Waals surface area (Å²) in [6, 6.07) is 11.7. The van der Waals surface area contributed by atoms with Crippen molar-refractivity contribution in [3.8, 4) is 0 Å². The number of hydrogen-bond acceptors (Lipinski definition) is 3. The van der Waals surface area contributed by atoms with Crippen molar-refractivity contribution >= 4 is 40.7 Å². The highest BCUT2D eigenvalue weighted by Gasteiger charge is 2.09. The van der Waals surface area contributed by atoms with Gasteiger partial charge in [0.25, 0.3) is 5.91 Å². The van der Waals surface area contributed by atoms with Gasteiger partial charge in [0.05, 0.1) is 10.7 Å². The molecule has 3 N–H and O–H groups in total. The van der Waals surface area contributed by atoms with Crippen LogP contribution in [0.1, 0.15) is 29.8 Å². The fourth-order valence-electron chi connectivity index (χ4n) is 2.09. The van der Waals surface area contributed by atoms with Gasteiger partial charge in [0.2, 0.25) is 11.8 Å². The van der Waals surface area contributed by atoms with Gasteiger partial charge in [-0.1, -0.05) is 23.7 Å². The molecule has 2 rings (SSSR count). The Kier molecular flexibility index (Phi) is 6.14. The van der Waals surface area contributed by atoms with Gasteiger partial charge in [0.1, 0.15) is 0 Å². The minimum Gasteiger partial charge on any atom is -0.352 e. The lowest BCUT2D eigenvalue weighted by Crippen LogP contribution is -2.19. The lowest BCUT2D eigenvalue weighted by Gasteiger charge is -2.10. The highest BCUT2D eigenvalue weighted by Crippen LogP contribution is 2.25. The Morgan fingerprint density at radius 3 is 2.20 bits per heavy atom. The molecule has 0 unspecified atom stereocenters. The number of halogens is 1. The maximum Gasteiger partial charge on any atom is 0.255 e. The molecule has 7 heteroatoms. The van der Waals surface area contributed by atoms with E-state index in [1.54, 1.807) is 42.5 Å². The largest absolute Gasteiger partial charge is 0.352 e. The van der Waals surface area contributed by atoms with Crippen LogP contribution < -0.4 is 16.0 Å². The van der Waals surface area contributed by atoms with Crippen molar-refractivity contribution < 1.29 is 14.4 Å². The van der Waals surface area contributed by atoms with E-state index >= 15 is 0 Å². The molecule has 0 aromatic heterocycles. The summed E-state index contributed by atoms with van der Waals surface area (Å²) in [5.74, 6) is -0.651. The standard InChI is InChI=1S/C18H18ClN3O3/c1-11(23)20-10-13-3-5-14(6-4-13)18(25)22-15-7-8-16(19)17(9-15)21-12(2)24/h3-9H,10H2,1-2H3,(H,20,23)(H,21,24)(H,22,25). The first kappa shape index (κ1) is 18.5. The maximum atomic E-state index is 12.3. The second kappa shape index (κ2) is 8.30. The molecule has 2 aromatic rings. The average Bonchev–Trinajstić information content (AvgIpc) is 2.56. The van der Waals surface area contributed by atoms with Gasteiger partial charge in [0.15, 0.2) is 0 Å². The number of amides is 3. The Morgan fingerprint density at radius 2 is 1.60 bits per heavy atom. The highest BCUT2D eigenvalue weighted by atomic mass is 35.5. The molecule has 0 saturated heterocycles. The van der Waals surface area contributed by atoms with Crippen LogP contribution in [0.15, 0.2) is 42.5 Å². The quantitative estimate of drug-likeness (QED) is 0.766. The molecule has 3 amide bonds. The second-order valence-corrected chi connectivity index (χ2v) is 5.84. The molecule has 0 atom stereocenters. The van der Waals surface area contributed by atoms with E-state index in [0.717, 1.165) is 5.56 Å². The van der Waals surface area contributed by atoms with Crippen molar-refractivity contribution in [2.24, 2.45) is 0 Å². The summed E-state index contributed by atoms with van der Waals surface area (Å²) in [5.41, 5.74) is 2.31. The fraction of sp³-hybridized carbons (Fsp3) is 0.167. The van der Waals surface area contributed by atoms with Crippen LogP contribution in [0.5, 0.6) is 0 Å². The smallest absolute Gasteiger partial charge is 0.255 e. The summed E-state index contributed by atoms with van der Waals surface area (Å²) in [6.07, 6.45) is 0. The topological polar surface area (TPSA) is 87.3 Å². The summed E-state index contributed by atoms with van der Waals surface area (Å²) in [4.78, 5) is 34.4. The van der Waals surface area contributed by atoms with Crippen LogP contribution in [0.3, 0.4) is 0 Å². The lowest BCUT2D eigenvalue weighted by molar-refractivity contribution is -0.119. The lowest BCUT2D eigenvalue weighted by atomic mass is 10.1. The Bertz CT molecular complexity index is 804. The van der Waals surface area contributed by atoms with Crippen LogP contribution in [0.2, 0.25) is 5.02 Å². The van der Waals surface area contributed by atoms with Gasteiger partial charge in [0, 0.05) is 31.6 Å². The van der Waals surface area contributed by atoms with Crippen LogP contribution in [-0.2, 0) is 16.1 Å². The van der Waals surface area contributed by atoms with Gasteiger partial charge < -0.3 is 16.0 Å². The van der Waals surface area contributed by atoms with Gasteiger partial charge in [-0.2, -0.15) is 0 Å². The normalized spacial score (nSPS) is 10.0. The SMILES string of the molecule is CC(=O)NCc1ccc(C(=O)Nc2ccc(Cl)c(NC(C)=O)c2)cc1. The molecule has 6 nitrogen and oxygen atoms in total. The van der Waals surface area contributed by atoms with Gasteiger partial charge in [-0.25, -0.2) is 0 Å². The predicted molar refractivity (Wildman–Crippen MR) is 97.7 cm³/mol. The van der Waals surface area contributed by atoms with Crippen molar-refractivity contribution in [3.05, 3.63) is 58.6 Å². The molecule has 0 aliphatic heterocycles. The number of nitrogens with one attached hydrogen (secondary N) is 3. The van der Waals surface area contributed by atoms with Gasteiger partial charge in [-0.15, -0.1) is 0 Å². The summed E-state index contributed by atoms with van der Waals surface area (Å²) < 4.78 is 0. The molecule has 0 spiro atoms. The summed E-state index contributed by atoms with van der Waals surface area (Å²) in [6.45, 7) is 3.24. The van der Waals surface area contributed by atoms with E-state index in [-0.39, 0.29) is 17.7 Å². The first-order chi connectivity index (χ1) is 11.8. The summed E-state index contributed by atoms with van der Waals surface area (Å²) in [7, 11) is 0. The van der Waals surface area contributed by atoms with E-state index < -0.39 is 0 Å². The summed E-state index contributed by atoms with van der Waals surface area (Å²) in [5, 5.41) is 8.43. The van der Waals surface area contributed by atoms with Crippen LogP contribution in [0.4, 0.5) is 11.4 Å². The first-order valence-electron chi connectivity index (χ1n) is 7.57. The van der Waals surface area contributed by atoms with E-state index in [4.69, 9.17) is 11.6 Å². The Labute approximate surface area is 150 Å². The van der Waals surface area contributed by atoms with E-state index in [2.05, 4.69) is 16.0 Å². The zero-order valence-corrected chi connectivity index (χ0v) is 14.6. The summed E-state index contributed by atoms with van der Waals surface area (Å²) >= 11 is 6.01. The Morgan fingerprint density at radius 1 is 0.920 bits per heavy atom. The second-order valence-electron chi connectivity index (χ2n) is 5.44. The third kappa shape index (κ3) is 5.61. The molecule has 2 aromatic carbocycles. The van der Waals surface area contributed by atoms with Gasteiger partial charge >= 0.3 is 0 Å². The average molecular weight is 360 g/mol. The van der Waals surface area contributed by atoms with Gasteiger partial charge in [-0.3, -0.25) is 14.4 Å². The highest BCUT2D eigenvalue weighted by molar-refractivity contribution is 6.33. The number of carbonyl (C=O) groups excluding carboxylic acids is 3. The van der Waals surface area contributed by atoms with Gasteiger partial charge in [-0.05, 0) is 35.9 Å². The molecule has 25 heavy (non-hydrogen) atoms. The van der Waals surface area contributed by atoms with Crippen molar-refractivity contribution in [2.75, 3.05) is 10.6 Å². The minimum absolute atomic E-state index is 0.112. The van der Waals surface area contributed by atoms with Crippen LogP contribution in [0, 0.1) is 0 Å². The zero-order chi connectivity index (χ0) is 18.4. The molecular weight excluding hydrogens is 342 g/mol.